The van der Waals surface area contributed by atoms with E-state index in [-0.39, 0.29) is 0 Å². The predicted octanol–water partition coefficient (Wildman–Crippen LogP) is 0.204. The molecule has 1 saturated carbocycles. The Morgan fingerprint density at radius 2 is 2.25 bits per heavy atom. The van der Waals surface area contributed by atoms with Crippen LogP contribution in [0.3, 0.4) is 0 Å². The third-order valence-corrected chi connectivity index (χ3v) is 2.04. The first-order valence-corrected chi connectivity index (χ1v) is 3.16. The SMILES string of the molecule is CC1CC1C(C)O[NH3+]. The van der Waals surface area contributed by atoms with Crippen LogP contribution in [0.4, 0.5) is 0 Å². The van der Waals surface area contributed by atoms with Gasteiger partial charge in [-0.15, -0.1) is 0 Å². The van der Waals surface area contributed by atoms with Crippen molar-refractivity contribution < 1.29 is 10.7 Å². The second kappa shape index (κ2) is 2.03. The van der Waals surface area contributed by atoms with Crippen LogP contribution in [0.2, 0.25) is 0 Å². The molecule has 48 valence electrons. The van der Waals surface area contributed by atoms with Crippen LogP contribution < -0.4 is 5.90 Å². The van der Waals surface area contributed by atoms with E-state index in [9.17, 15) is 0 Å². The first-order chi connectivity index (χ1) is 3.75. The van der Waals surface area contributed by atoms with E-state index < -0.39 is 0 Å². The van der Waals surface area contributed by atoms with Crippen molar-refractivity contribution in [1.29, 1.82) is 0 Å². The molecular weight excluding hydrogens is 102 g/mol. The molecule has 1 aliphatic rings. The summed E-state index contributed by atoms with van der Waals surface area (Å²) in [6, 6.07) is 0. The molecule has 0 aromatic rings. The average molecular weight is 116 g/mol. The van der Waals surface area contributed by atoms with Crippen LogP contribution in [0.25, 0.3) is 0 Å². The lowest BCUT2D eigenvalue weighted by atomic mass is 10.2. The summed E-state index contributed by atoms with van der Waals surface area (Å²) < 4.78 is 0. The molecule has 0 aromatic heterocycles. The van der Waals surface area contributed by atoms with E-state index in [2.05, 4.69) is 19.7 Å². The van der Waals surface area contributed by atoms with Gasteiger partial charge in [0.1, 0.15) is 6.10 Å². The van der Waals surface area contributed by atoms with Crippen LogP contribution in [0.1, 0.15) is 20.3 Å². The van der Waals surface area contributed by atoms with Gasteiger partial charge in [0.25, 0.3) is 0 Å². The summed E-state index contributed by atoms with van der Waals surface area (Å²) in [6.07, 6.45) is 1.71. The fraction of sp³-hybridized carbons (Fsp3) is 1.00. The highest BCUT2D eigenvalue weighted by Crippen LogP contribution is 2.40. The quantitative estimate of drug-likeness (QED) is 0.514. The third kappa shape index (κ3) is 1.01. The molecule has 0 radical (unpaired) electrons. The number of hydrogen-bond donors (Lipinski definition) is 1. The number of hydrogen-bond acceptors (Lipinski definition) is 1. The first-order valence-electron chi connectivity index (χ1n) is 3.16. The molecule has 2 heteroatoms. The maximum atomic E-state index is 4.89. The lowest BCUT2D eigenvalue weighted by molar-refractivity contribution is -0.702. The van der Waals surface area contributed by atoms with Gasteiger partial charge >= 0.3 is 0 Å². The van der Waals surface area contributed by atoms with Crippen molar-refractivity contribution in [2.24, 2.45) is 11.8 Å². The van der Waals surface area contributed by atoms with Crippen LogP contribution in [-0.2, 0) is 4.84 Å². The zero-order valence-electron chi connectivity index (χ0n) is 5.55. The molecule has 2 nitrogen and oxygen atoms in total. The highest BCUT2D eigenvalue weighted by molar-refractivity contribution is 4.86. The summed E-state index contributed by atoms with van der Waals surface area (Å²) in [6.45, 7) is 4.33. The zero-order valence-corrected chi connectivity index (χ0v) is 5.55. The smallest absolute Gasteiger partial charge is 0.117 e. The molecule has 3 unspecified atom stereocenters. The molecule has 1 fully saturated rings. The van der Waals surface area contributed by atoms with E-state index in [0.717, 1.165) is 11.8 Å². The summed E-state index contributed by atoms with van der Waals surface area (Å²) in [4.78, 5) is 4.89. The second-order valence-corrected chi connectivity index (χ2v) is 2.75. The van der Waals surface area contributed by atoms with Gasteiger partial charge in [-0.25, -0.2) is 10.7 Å². The molecule has 1 rings (SSSR count). The predicted molar refractivity (Wildman–Crippen MR) is 30.7 cm³/mol. The van der Waals surface area contributed by atoms with E-state index in [4.69, 9.17) is 4.84 Å². The molecule has 0 aromatic carbocycles. The Kier molecular flexibility index (Phi) is 1.54. The number of rotatable bonds is 2. The van der Waals surface area contributed by atoms with Crippen molar-refractivity contribution in [2.45, 2.75) is 26.4 Å². The zero-order chi connectivity index (χ0) is 6.15. The first kappa shape index (κ1) is 6.05. The van der Waals surface area contributed by atoms with E-state index in [1.54, 1.807) is 0 Å². The Morgan fingerprint density at radius 3 is 2.38 bits per heavy atom. The van der Waals surface area contributed by atoms with Gasteiger partial charge in [-0.1, -0.05) is 6.92 Å². The van der Waals surface area contributed by atoms with Crippen molar-refractivity contribution >= 4 is 0 Å². The highest BCUT2D eigenvalue weighted by Gasteiger charge is 2.38. The lowest BCUT2D eigenvalue weighted by Gasteiger charge is -2.00. The number of quaternary nitrogens is 1. The minimum Gasteiger partial charge on any atom is -0.212 e. The molecule has 3 N–H and O–H groups in total. The third-order valence-electron chi connectivity index (χ3n) is 2.04. The summed E-state index contributed by atoms with van der Waals surface area (Å²) >= 11 is 0. The average Bonchev–Trinajstić information content (AvgIpc) is 2.45. The molecule has 0 bridgehead atoms. The van der Waals surface area contributed by atoms with E-state index >= 15 is 0 Å². The van der Waals surface area contributed by atoms with Crippen molar-refractivity contribution in [3.05, 3.63) is 0 Å². The van der Waals surface area contributed by atoms with Gasteiger partial charge in [0.05, 0.1) is 0 Å². The van der Waals surface area contributed by atoms with Gasteiger partial charge in [-0.2, -0.15) is 0 Å². The Hall–Kier alpha value is -0.0800. The standard InChI is InChI=1S/C6H14NO/c1-4-3-6(4)5(2)8-7/h4-6H,3H2,1-2,7H3/q+1. The molecule has 8 heavy (non-hydrogen) atoms. The van der Waals surface area contributed by atoms with Crippen molar-refractivity contribution in [3.63, 3.8) is 0 Å². The van der Waals surface area contributed by atoms with Crippen molar-refractivity contribution in [3.8, 4) is 0 Å². The Labute approximate surface area is 50.0 Å². The Bertz CT molecular complexity index is 82.6. The van der Waals surface area contributed by atoms with Gasteiger partial charge < -0.3 is 0 Å². The van der Waals surface area contributed by atoms with Crippen molar-refractivity contribution in [1.82, 2.24) is 0 Å². The minimum atomic E-state index is 0.380. The fourth-order valence-corrected chi connectivity index (χ4v) is 1.13. The van der Waals surface area contributed by atoms with Gasteiger partial charge in [0.15, 0.2) is 0 Å². The topological polar surface area (TPSA) is 36.9 Å². The van der Waals surface area contributed by atoms with E-state index in [1.807, 2.05) is 0 Å². The molecule has 0 saturated heterocycles. The summed E-state index contributed by atoms with van der Waals surface area (Å²) in [7, 11) is 0. The van der Waals surface area contributed by atoms with Gasteiger partial charge in [-0.05, 0) is 25.2 Å². The maximum Gasteiger partial charge on any atom is 0.117 e. The molecule has 0 amide bonds. The molecule has 0 aliphatic heterocycles. The van der Waals surface area contributed by atoms with Gasteiger partial charge in [0, 0.05) is 0 Å². The monoisotopic (exact) mass is 116 g/mol. The molecule has 0 heterocycles. The van der Waals surface area contributed by atoms with E-state index in [1.165, 1.54) is 6.42 Å². The van der Waals surface area contributed by atoms with Gasteiger partial charge in [-0.3, -0.25) is 0 Å². The van der Waals surface area contributed by atoms with Crippen LogP contribution in [-0.4, -0.2) is 6.10 Å². The lowest BCUT2D eigenvalue weighted by Crippen LogP contribution is -2.52. The summed E-state index contributed by atoms with van der Waals surface area (Å²) in [5, 5.41) is 0. The van der Waals surface area contributed by atoms with Crippen LogP contribution in [0, 0.1) is 11.8 Å². The fourth-order valence-electron chi connectivity index (χ4n) is 1.13. The summed E-state index contributed by atoms with van der Waals surface area (Å²) in [5.41, 5.74) is 0. The Morgan fingerprint density at radius 1 is 1.75 bits per heavy atom. The van der Waals surface area contributed by atoms with Crippen LogP contribution >= 0.6 is 0 Å². The van der Waals surface area contributed by atoms with Crippen molar-refractivity contribution in [2.75, 3.05) is 0 Å². The Balaban J connectivity index is 2.18. The van der Waals surface area contributed by atoms with E-state index in [0.29, 0.717) is 6.10 Å². The molecule has 1 aliphatic carbocycles. The maximum absolute atomic E-state index is 4.89. The van der Waals surface area contributed by atoms with Crippen LogP contribution in [0.5, 0.6) is 0 Å². The summed E-state index contributed by atoms with van der Waals surface area (Å²) in [5.74, 6) is 5.06. The molecule has 0 spiro atoms. The molecule has 3 atom stereocenters. The highest BCUT2D eigenvalue weighted by atomic mass is 16.6. The molecular formula is C6H14NO+. The largest absolute Gasteiger partial charge is 0.212 e. The van der Waals surface area contributed by atoms with Crippen LogP contribution in [0.15, 0.2) is 0 Å². The normalized spacial score (nSPS) is 39.4. The van der Waals surface area contributed by atoms with Gasteiger partial charge in [0.2, 0.25) is 0 Å². The second-order valence-electron chi connectivity index (χ2n) is 2.75. The minimum absolute atomic E-state index is 0.380.